The minimum Gasteiger partial charge on any atom is -0.485 e. The number of ether oxygens (including phenoxy) is 1. The van der Waals surface area contributed by atoms with Crippen LogP contribution in [-0.2, 0) is 13.2 Å². The van der Waals surface area contributed by atoms with Crippen molar-refractivity contribution in [3.05, 3.63) is 47.6 Å². The first-order chi connectivity index (χ1) is 9.13. The lowest BCUT2D eigenvalue weighted by atomic mass is 10.3. The first-order valence-electron chi connectivity index (χ1n) is 6.19. The first-order valence-corrected chi connectivity index (χ1v) is 6.19. The van der Waals surface area contributed by atoms with Crippen molar-refractivity contribution >= 4 is 0 Å². The van der Waals surface area contributed by atoms with Crippen molar-refractivity contribution < 1.29 is 13.7 Å². The molecule has 1 aromatic carbocycles. The Bertz CT molecular complexity index is 526. The lowest BCUT2D eigenvalue weighted by Crippen LogP contribution is -2.21. The van der Waals surface area contributed by atoms with Gasteiger partial charge in [0.15, 0.2) is 5.76 Å². The summed E-state index contributed by atoms with van der Waals surface area (Å²) in [5, 5.41) is 7.17. The van der Waals surface area contributed by atoms with Gasteiger partial charge in [0.1, 0.15) is 18.2 Å². The summed E-state index contributed by atoms with van der Waals surface area (Å²) in [7, 11) is 0. The average Bonchev–Trinajstić information content (AvgIpc) is 2.82. The van der Waals surface area contributed by atoms with Crippen molar-refractivity contribution in [3.8, 4) is 5.75 Å². The van der Waals surface area contributed by atoms with Gasteiger partial charge in [0.05, 0.1) is 5.69 Å². The summed E-state index contributed by atoms with van der Waals surface area (Å²) in [4.78, 5) is 0. The minimum absolute atomic E-state index is 0.234. The third-order valence-corrected chi connectivity index (χ3v) is 2.48. The largest absolute Gasteiger partial charge is 0.485 e. The predicted octanol–water partition coefficient (Wildman–Crippen LogP) is 2.89. The Kier molecular flexibility index (Phi) is 4.52. The average molecular weight is 264 g/mol. The predicted molar refractivity (Wildman–Crippen MR) is 69.2 cm³/mol. The van der Waals surface area contributed by atoms with Crippen molar-refractivity contribution in [2.24, 2.45) is 0 Å². The molecule has 0 amide bonds. The van der Waals surface area contributed by atoms with E-state index >= 15 is 0 Å². The van der Waals surface area contributed by atoms with Crippen LogP contribution in [0.5, 0.6) is 5.75 Å². The van der Waals surface area contributed by atoms with Crippen LogP contribution in [0, 0.1) is 5.82 Å². The smallest absolute Gasteiger partial charge is 0.174 e. The fraction of sp³-hybridized carbons (Fsp3) is 0.357. The molecule has 1 N–H and O–H groups in total. The van der Waals surface area contributed by atoms with Gasteiger partial charge >= 0.3 is 0 Å². The molecule has 0 aliphatic carbocycles. The van der Waals surface area contributed by atoms with Crippen molar-refractivity contribution in [2.75, 3.05) is 0 Å². The zero-order valence-corrected chi connectivity index (χ0v) is 11.0. The number of hydrogen-bond acceptors (Lipinski definition) is 4. The summed E-state index contributed by atoms with van der Waals surface area (Å²) in [6.45, 7) is 5.02. The lowest BCUT2D eigenvalue weighted by Gasteiger charge is -2.04. The zero-order chi connectivity index (χ0) is 13.7. The number of hydrogen-bond donors (Lipinski definition) is 1. The lowest BCUT2D eigenvalue weighted by molar-refractivity contribution is 0.247. The molecule has 5 heteroatoms. The maximum Gasteiger partial charge on any atom is 0.174 e. The zero-order valence-electron chi connectivity index (χ0n) is 11.0. The molecule has 4 nitrogen and oxygen atoms in total. The molecule has 0 saturated heterocycles. The quantitative estimate of drug-likeness (QED) is 0.871. The van der Waals surface area contributed by atoms with Gasteiger partial charge in [-0.05, 0) is 12.1 Å². The van der Waals surface area contributed by atoms with Gasteiger partial charge in [0.25, 0.3) is 0 Å². The van der Waals surface area contributed by atoms with Gasteiger partial charge in [-0.2, -0.15) is 0 Å². The summed E-state index contributed by atoms with van der Waals surface area (Å²) in [5.41, 5.74) is 0.826. The van der Waals surface area contributed by atoms with Crippen molar-refractivity contribution in [1.82, 2.24) is 10.5 Å². The molecule has 0 fully saturated rings. The third-order valence-electron chi connectivity index (χ3n) is 2.48. The number of nitrogens with zero attached hydrogens (tertiary/aromatic N) is 1. The molecule has 102 valence electrons. The third kappa shape index (κ3) is 4.37. The molecule has 0 bridgehead atoms. The normalized spacial score (nSPS) is 10.9. The summed E-state index contributed by atoms with van der Waals surface area (Å²) in [6, 6.07) is 8.22. The second-order valence-electron chi connectivity index (χ2n) is 4.57. The highest BCUT2D eigenvalue weighted by molar-refractivity contribution is 5.22. The van der Waals surface area contributed by atoms with E-state index in [4.69, 9.17) is 9.26 Å². The molecule has 2 aromatic rings. The molecule has 0 aliphatic rings. The van der Waals surface area contributed by atoms with Crippen LogP contribution in [0.15, 0.2) is 34.9 Å². The summed E-state index contributed by atoms with van der Waals surface area (Å²) < 4.78 is 23.5. The Morgan fingerprint density at radius 2 is 2.21 bits per heavy atom. The summed E-state index contributed by atoms with van der Waals surface area (Å²) >= 11 is 0. The molecule has 1 heterocycles. The van der Waals surface area contributed by atoms with E-state index in [1.807, 2.05) is 6.07 Å². The molecule has 19 heavy (non-hydrogen) atoms. The Labute approximate surface area is 111 Å². The molecule has 2 rings (SSSR count). The number of halogens is 1. The van der Waals surface area contributed by atoms with E-state index in [9.17, 15) is 4.39 Å². The minimum atomic E-state index is -0.322. The second kappa shape index (κ2) is 6.33. The van der Waals surface area contributed by atoms with E-state index in [1.54, 1.807) is 12.1 Å². The van der Waals surface area contributed by atoms with Gasteiger partial charge in [-0.1, -0.05) is 25.1 Å². The maximum atomic E-state index is 12.9. The molecule has 0 aliphatic heterocycles. The fourth-order valence-electron chi connectivity index (χ4n) is 1.53. The topological polar surface area (TPSA) is 47.3 Å². The first kappa shape index (κ1) is 13.5. The summed E-state index contributed by atoms with van der Waals surface area (Å²) in [6.07, 6.45) is 0. The van der Waals surface area contributed by atoms with Crippen LogP contribution in [0.3, 0.4) is 0 Å². The van der Waals surface area contributed by atoms with E-state index in [1.165, 1.54) is 12.1 Å². The number of rotatable bonds is 6. The van der Waals surface area contributed by atoms with E-state index in [2.05, 4.69) is 24.3 Å². The Morgan fingerprint density at radius 3 is 2.95 bits per heavy atom. The molecule has 0 spiro atoms. The Morgan fingerprint density at radius 1 is 1.37 bits per heavy atom. The number of nitrogens with one attached hydrogen (secondary N) is 1. The van der Waals surface area contributed by atoms with Crippen LogP contribution >= 0.6 is 0 Å². The molecule has 0 radical (unpaired) electrons. The van der Waals surface area contributed by atoms with E-state index in [0.29, 0.717) is 24.1 Å². The van der Waals surface area contributed by atoms with E-state index < -0.39 is 0 Å². The number of aromatic nitrogens is 1. The SMILES string of the molecule is CC(C)NCc1cc(COc2cccc(F)c2)on1. The van der Waals surface area contributed by atoms with Crippen molar-refractivity contribution in [3.63, 3.8) is 0 Å². The van der Waals surface area contributed by atoms with E-state index in [-0.39, 0.29) is 12.4 Å². The number of benzene rings is 1. The van der Waals surface area contributed by atoms with Crippen LogP contribution in [0.1, 0.15) is 25.3 Å². The van der Waals surface area contributed by atoms with Gasteiger partial charge in [-0.15, -0.1) is 0 Å². The van der Waals surface area contributed by atoms with Gasteiger partial charge in [-0.25, -0.2) is 4.39 Å². The maximum absolute atomic E-state index is 12.9. The molecular weight excluding hydrogens is 247 g/mol. The van der Waals surface area contributed by atoms with Crippen LogP contribution in [0.2, 0.25) is 0 Å². The van der Waals surface area contributed by atoms with Crippen LogP contribution in [-0.4, -0.2) is 11.2 Å². The van der Waals surface area contributed by atoms with Gasteiger partial charge in [-0.3, -0.25) is 0 Å². The van der Waals surface area contributed by atoms with Crippen molar-refractivity contribution in [1.29, 1.82) is 0 Å². The molecule has 0 saturated carbocycles. The van der Waals surface area contributed by atoms with Gasteiger partial charge in [0, 0.05) is 24.7 Å². The van der Waals surface area contributed by atoms with Crippen molar-refractivity contribution in [2.45, 2.75) is 33.0 Å². The fourth-order valence-corrected chi connectivity index (χ4v) is 1.53. The Hall–Kier alpha value is -1.88. The highest BCUT2D eigenvalue weighted by atomic mass is 19.1. The van der Waals surface area contributed by atoms with Crippen LogP contribution in [0.4, 0.5) is 4.39 Å². The van der Waals surface area contributed by atoms with Crippen LogP contribution < -0.4 is 10.1 Å². The monoisotopic (exact) mass is 264 g/mol. The highest BCUT2D eigenvalue weighted by Gasteiger charge is 2.06. The molecular formula is C14H17FN2O2. The molecule has 0 unspecified atom stereocenters. The van der Waals surface area contributed by atoms with E-state index in [0.717, 1.165) is 5.69 Å². The highest BCUT2D eigenvalue weighted by Crippen LogP contribution is 2.14. The van der Waals surface area contributed by atoms with Crippen LogP contribution in [0.25, 0.3) is 0 Å². The summed E-state index contributed by atoms with van der Waals surface area (Å²) in [5.74, 6) is 0.764. The molecule has 1 aromatic heterocycles. The second-order valence-corrected chi connectivity index (χ2v) is 4.57. The molecule has 0 atom stereocenters. The Balaban J connectivity index is 1.86. The van der Waals surface area contributed by atoms with Gasteiger partial charge < -0.3 is 14.6 Å². The standard InChI is InChI=1S/C14H17FN2O2/c1-10(2)16-8-12-7-14(19-17-12)9-18-13-5-3-4-11(15)6-13/h3-7,10,16H,8-9H2,1-2H3. The van der Waals surface area contributed by atoms with Gasteiger partial charge in [0.2, 0.25) is 0 Å².